The zero-order valence-electron chi connectivity index (χ0n) is 9.50. The van der Waals surface area contributed by atoms with E-state index in [0.717, 1.165) is 12.1 Å². The average molecular weight is 281 g/mol. The number of nitrogens with two attached hydrogens (primary N) is 1. The Morgan fingerprint density at radius 3 is 2.59 bits per heavy atom. The summed E-state index contributed by atoms with van der Waals surface area (Å²) in [5.74, 6) is -0.850. The van der Waals surface area contributed by atoms with Crippen LogP contribution in [0.5, 0.6) is 0 Å². The average Bonchev–Trinajstić information content (AvgIpc) is 2.18. The van der Waals surface area contributed by atoms with E-state index in [1.54, 1.807) is 13.8 Å². The van der Waals surface area contributed by atoms with E-state index in [-0.39, 0.29) is 11.6 Å². The van der Waals surface area contributed by atoms with E-state index in [0.29, 0.717) is 0 Å². The van der Waals surface area contributed by atoms with Gasteiger partial charge in [-0.1, -0.05) is 11.6 Å². The number of hydrogen-bond donors (Lipinski definition) is 2. The van der Waals surface area contributed by atoms with Gasteiger partial charge < -0.3 is 5.73 Å². The molecule has 0 unspecified atom stereocenters. The number of rotatable bonds is 4. The highest BCUT2D eigenvalue weighted by Crippen LogP contribution is 2.19. The van der Waals surface area contributed by atoms with Crippen LogP contribution in [0.15, 0.2) is 23.1 Å². The number of nitrogens with one attached hydrogen (secondary N) is 1. The fourth-order valence-electron chi connectivity index (χ4n) is 1.04. The number of hydrogen-bond acceptors (Lipinski definition) is 3. The van der Waals surface area contributed by atoms with Gasteiger partial charge in [0.25, 0.3) is 0 Å². The summed E-state index contributed by atoms with van der Waals surface area (Å²) in [6.45, 7) is 3.31. The molecule has 1 rings (SSSR count). The van der Waals surface area contributed by atoms with Crippen LogP contribution in [0, 0.1) is 5.82 Å². The SMILES string of the molecule is CC(C)(N)CNS(=O)(=O)c1cc(Cl)ccc1F. The van der Waals surface area contributed by atoms with Crippen molar-refractivity contribution in [1.29, 1.82) is 0 Å². The first-order chi connectivity index (χ1) is 7.62. The van der Waals surface area contributed by atoms with E-state index in [2.05, 4.69) is 4.72 Å². The van der Waals surface area contributed by atoms with E-state index >= 15 is 0 Å². The van der Waals surface area contributed by atoms with Crippen LogP contribution >= 0.6 is 11.6 Å². The molecule has 0 heterocycles. The Balaban J connectivity index is 3.02. The maximum absolute atomic E-state index is 13.4. The van der Waals surface area contributed by atoms with Gasteiger partial charge in [-0.2, -0.15) is 0 Å². The van der Waals surface area contributed by atoms with Crippen LogP contribution in [0.1, 0.15) is 13.8 Å². The van der Waals surface area contributed by atoms with E-state index in [9.17, 15) is 12.8 Å². The van der Waals surface area contributed by atoms with Crippen molar-refractivity contribution >= 4 is 21.6 Å². The van der Waals surface area contributed by atoms with Gasteiger partial charge in [0.1, 0.15) is 10.7 Å². The Morgan fingerprint density at radius 2 is 2.06 bits per heavy atom. The van der Waals surface area contributed by atoms with Crippen LogP contribution in [-0.4, -0.2) is 20.5 Å². The van der Waals surface area contributed by atoms with Gasteiger partial charge in [-0.3, -0.25) is 0 Å². The molecule has 3 N–H and O–H groups in total. The van der Waals surface area contributed by atoms with Crippen molar-refractivity contribution < 1.29 is 12.8 Å². The predicted molar refractivity (Wildman–Crippen MR) is 64.9 cm³/mol. The molecule has 0 saturated carbocycles. The van der Waals surface area contributed by atoms with Crippen molar-refractivity contribution in [3.63, 3.8) is 0 Å². The highest BCUT2D eigenvalue weighted by Gasteiger charge is 2.22. The Kier molecular flexibility index (Phi) is 4.14. The third-order valence-corrected chi connectivity index (χ3v) is 3.55. The van der Waals surface area contributed by atoms with Crippen molar-refractivity contribution in [2.75, 3.05) is 6.54 Å². The Labute approximate surface area is 105 Å². The smallest absolute Gasteiger partial charge is 0.243 e. The van der Waals surface area contributed by atoms with E-state index in [4.69, 9.17) is 17.3 Å². The maximum atomic E-state index is 13.4. The van der Waals surface area contributed by atoms with Crippen LogP contribution in [-0.2, 0) is 10.0 Å². The number of sulfonamides is 1. The van der Waals surface area contributed by atoms with Gasteiger partial charge in [0.15, 0.2) is 0 Å². The molecule has 0 amide bonds. The molecule has 0 radical (unpaired) electrons. The summed E-state index contributed by atoms with van der Waals surface area (Å²) in [7, 11) is -3.94. The molecule has 0 aliphatic heterocycles. The van der Waals surface area contributed by atoms with Crippen molar-refractivity contribution in [3.8, 4) is 0 Å². The molecular weight excluding hydrogens is 267 g/mol. The lowest BCUT2D eigenvalue weighted by Crippen LogP contribution is -2.45. The van der Waals surface area contributed by atoms with Crippen LogP contribution < -0.4 is 10.5 Å². The molecule has 1 aromatic rings. The molecule has 0 aliphatic rings. The molecule has 96 valence electrons. The molecular formula is C10H14ClFN2O2S. The van der Waals surface area contributed by atoms with Gasteiger partial charge in [-0.15, -0.1) is 0 Å². The van der Waals surface area contributed by atoms with Crippen LogP contribution in [0.4, 0.5) is 4.39 Å². The molecule has 0 atom stereocenters. The second kappa shape index (κ2) is 4.89. The highest BCUT2D eigenvalue weighted by molar-refractivity contribution is 7.89. The fraction of sp³-hybridized carbons (Fsp3) is 0.400. The van der Waals surface area contributed by atoms with Crippen LogP contribution in [0.3, 0.4) is 0 Å². The first kappa shape index (κ1) is 14.4. The van der Waals surface area contributed by atoms with Gasteiger partial charge in [-0.25, -0.2) is 17.5 Å². The quantitative estimate of drug-likeness (QED) is 0.878. The topological polar surface area (TPSA) is 72.2 Å². The highest BCUT2D eigenvalue weighted by atomic mass is 35.5. The molecule has 7 heteroatoms. The van der Waals surface area contributed by atoms with E-state index < -0.39 is 26.3 Å². The van der Waals surface area contributed by atoms with Gasteiger partial charge in [-0.05, 0) is 32.0 Å². The maximum Gasteiger partial charge on any atom is 0.243 e. The molecule has 0 aromatic heterocycles. The molecule has 4 nitrogen and oxygen atoms in total. The zero-order chi connectivity index (χ0) is 13.3. The molecule has 17 heavy (non-hydrogen) atoms. The van der Waals surface area contributed by atoms with Crippen LogP contribution in [0.25, 0.3) is 0 Å². The lowest BCUT2D eigenvalue weighted by molar-refractivity contribution is 0.494. The largest absolute Gasteiger partial charge is 0.324 e. The fourth-order valence-corrected chi connectivity index (χ4v) is 2.60. The Hall–Kier alpha value is -0.690. The minimum atomic E-state index is -3.94. The van der Waals surface area contributed by atoms with E-state index in [1.807, 2.05) is 0 Å². The molecule has 0 spiro atoms. The monoisotopic (exact) mass is 280 g/mol. The Bertz CT molecular complexity index is 512. The van der Waals surface area contributed by atoms with Gasteiger partial charge >= 0.3 is 0 Å². The normalized spacial score (nSPS) is 12.8. The summed E-state index contributed by atoms with van der Waals surface area (Å²) in [5.41, 5.74) is 4.92. The summed E-state index contributed by atoms with van der Waals surface area (Å²) in [6.07, 6.45) is 0. The first-order valence-corrected chi connectivity index (χ1v) is 6.71. The van der Waals surface area contributed by atoms with Crippen molar-refractivity contribution in [1.82, 2.24) is 4.72 Å². The standard InChI is InChI=1S/C10H14ClFN2O2S/c1-10(2,13)6-14-17(15,16)9-5-7(11)3-4-8(9)12/h3-5,14H,6,13H2,1-2H3. The van der Waals surface area contributed by atoms with Crippen molar-refractivity contribution in [3.05, 3.63) is 29.0 Å². The number of halogens is 2. The zero-order valence-corrected chi connectivity index (χ0v) is 11.1. The van der Waals surface area contributed by atoms with Crippen molar-refractivity contribution in [2.45, 2.75) is 24.3 Å². The summed E-state index contributed by atoms with van der Waals surface area (Å²) in [5, 5.41) is 0.152. The van der Waals surface area contributed by atoms with Crippen LogP contribution in [0.2, 0.25) is 5.02 Å². The van der Waals surface area contributed by atoms with Gasteiger partial charge in [0, 0.05) is 17.1 Å². The third kappa shape index (κ3) is 4.23. The van der Waals surface area contributed by atoms with Gasteiger partial charge in [0.05, 0.1) is 0 Å². The molecule has 0 saturated heterocycles. The Morgan fingerprint density at radius 1 is 1.47 bits per heavy atom. The summed E-state index contributed by atoms with van der Waals surface area (Å²) in [6, 6.07) is 3.34. The van der Waals surface area contributed by atoms with Gasteiger partial charge in [0.2, 0.25) is 10.0 Å². The lowest BCUT2D eigenvalue weighted by atomic mass is 10.1. The minimum Gasteiger partial charge on any atom is -0.324 e. The molecule has 0 bridgehead atoms. The minimum absolute atomic E-state index is 0.00128. The summed E-state index contributed by atoms with van der Waals surface area (Å²) < 4.78 is 39.2. The third-order valence-electron chi connectivity index (χ3n) is 1.90. The number of benzene rings is 1. The molecule has 0 fully saturated rings. The summed E-state index contributed by atoms with van der Waals surface area (Å²) in [4.78, 5) is -0.478. The molecule has 1 aromatic carbocycles. The second-order valence-corrected chi connectivity index (χ2v) is 6.56. The molecule has 0 aliphatic carbocycles. The summed E-state index contributed by atoms with van der Waals surface area (Å²) >= 11 is 5.63. The predicted octanol–water partition coefficient (Wildman–Crippen LogP) is 1.49. The van der Waals surface area contributed by atoms with E-state index in [1.165, 1.54) is 6.07 Å². The first-order valence-electron chi connectivity index (χ1n) is 4.85. The second-order valence-electron chi connectivity index (χ2n) is 4.39. The lowest BCUT2D eigenvalue weighted by Gasteiger charge is -2.19. The van der Waals surface area contributed by atoms with Crippen molar-refractivity contribution in [2.24, 2.45) is 5.73 Å².